The van der Waals surface area contributed by atoms with Crippen molar-refractivity contribution < 1.29 is 9.32 Å². The Balaban J connectivity index is 1.28. The van der Waals surface area contributed by atoms with Crippen molar-refractivity contribution in [1.82, 2.24) is 29.9 Å². The van der Waals surface area contributed by atoms with Crippen molar-refractivity contribution in [3.05, 3.63) is 29.9 Å². The highest BCUT2D eigenvalue weighted by atomic mass is 16.5. The Morgan fingerprint density at radius 1 is 1.31 bits per heavy atom. The van der Waals surface area contributed by atoms with Crippen molar-refractivity contribution in [2.24, 2.45) is 0 Å². The van der Waals surface area contributed by atoms with Gasteiger partial charge in [0.05, 0.1) is 6.04 Å². The minimum atomic E-state index is -0.220. The zero-order chi connectivity index (χ0) is 17.9. The molecule has 0 radical (unpaired) electrons. The Morgan fingerprint density at radius 2 is 2.15 bits per heavy atom. The summed E-state index contributed by atoms with van der Waals surface area (Å²) in [7, 11) is 0. The molecule has 8 nitrogen and oxygen atoms in total. The Bertz CT molecular complexity index is 750. The van der Waals surface area contributed by atoms with Crippen LogP contribution in [0.4, 0.5) is 0 Å². The number of likely N-dealkylation sites (tertiary alicyclic amines) is 1. The summed E-state index contributed by atoms with van der Waals surface area (Å²) >= 11 is 0. The molecule has 3 heterocycles. The quantitative estimate of drug-likeness (QED) is 0.727. The third-order valence-electron chi connectivity index (χ3n) is 5.22. The molecule has 0 aromatic carbocycles. The number of nitrogens with one attached hydrogen (secondary N) is 1. The number of nitrogens with zero attached hydrogens (tertiary/aromatic N) is 5. The molecular formula is C18H26N6O2. The average Bonchev–Trinajstić information content (AvgIpc) is 3.05. The fourth-order valence-corrected chi connectivity index (χ4v) is 3.55. The molecule has 1 aliphatic heterocycles. The summed E-state index contributed by atoms with van der Waals surface area (Å²) in [6.45, 7) is 5.07. The highest BCUT2D eigenvalue weighted by Crippen LogP contribution is 2.31. The molecule has 4 rings (SSSR count). The van der Waals surface area contributed by atoms with Crippen LogP contribution in [0.2, 0.25) is 0 Å². The Labute approximate surface area is 153 Å². The Hall–Kier alpha value is -2.22. The van der Waals surface area contributed by atoms with Crippen molar-refractivity contribution in [3.8, 4) is 0 Å². The van der Waals surface area contributed by atoms with Gasteiger partial charge in [-0.2, -0.15) is 4.98 Å². The van der Waals surface area contributed by atoms with Crippen molar-refractivity contribution in [2.45, 2.75) is 64.1 Å². The van der Waals surface area contributed by atoms with E-state index in [-0.39, 0.29) is 17.8 Å². The first-order valence-electron chi connectivity index (χ1n) is 9.57. The van der Waals surface area contributed by atoms with E-state index >= 15 is 0 Å². The van der Waals surface area contributed by atoms with Gasteiger partial charge in [-0.1, -0.05) is 5.16 Å². The fourth-order valence-electron chi connectivity index (χ4n) is 3.55. The molecule has 1 amide bonds. The Morgan fingerprint density at radius 3 is 2.92 bits per heavy atom. The number of imidazole rings is 1. The number of carbonyl (C=O) groups is 1. The molecule has 2 fully saturated rings. The molecule has 8 heteroatoms. The normalized spacial score (nSPS) is 20.6. The third kappa shape index (κ3) is 3.95. The lowest BCUT2D eigenvalue weighted by Crippen LogP contribution is -2.27. The minimum Gasteiger partial charge on any atom is -0.346 e. The maximum Gasteiger partial charge on any atom is 0.292 e. The van der Waals surface area contributed by atoms with Gasteiger partial charge < -0.3 is 14.4 Å². The molecule has 0 spiro atoms. The van der Waals surface area contributed by atoms with E-state index in [2.05, 4.69) is 29.9 Å². The van der Waals surface area contributed by atoms with Crippen LogP contribution < -0.4 is 5.32 Å². The SMILES string of the molecule is Cc1nccn1CCCCN1CCC[C@@H]1c1nc(C(=O)NC2CC2)no1. The van der Waals surface area contributed by atoms with Crippen LogP contribution in [0, 0.1) is 6.92 Å². The minimum absolute atomic E-state index is 0.139. The van der Waals surface area contributed by atoms with Crippen molar-refractivity contribution in [2.75, 3.05) is 13.1 Å². The van der Waals surface area contributed by atoms with Crippen LogP contribution >= 0.6 is 0 Å². The first-order chi connectivity index (χ1) is 12.7. The molecule has 26 heavy (non-hydrogen) atoms. The van der Waals surface area contributed by atoms with Gasteiger partial charge in [0, 0.05) is 25.0 Å². The molecule has 140 valence electrons. The van der Waals surface area contributed by atoms with Crippen LogP contribution in [0.25, 0.3) is 0 Å². The predicted octanol–water partition coefficient (Wildman–Crippen LogP) is 2.08. The predicted molar refractivity (Wildman–Crippen MR) is 94.5 cm³/mol. The second kappa shape index (κ2) is 7.57. The van der Waals surface area contributed by atoms with E-state index in [0.29, 0.717) is 11.9 Å². The van der Waals surface area contributed by atoms with Crippen LogP contribution in [-0.4, -0.2) is 49.6 Å². The lowest BCUT2D eigenvalue weighted by molar-refractivity contribution is 0.0937. The van der Waals surface area contributed by atoms with E-state index in [1.807, 2.05) is 19.3 Å². The summed E-state index contributed by atoms with van der Waals surface area (Å²) in [5.41, 5.74) is 0. The van der Waals surface area contributed by atoms with Crippen LogP contribution in [0.15, 0.2) is 16.9 Å². The van der Waals surface area contributed by atoms with E-state index in [1.165, 1.54) is 0 Å². The van der Waals surface area contributed by atoms with Gasteiger partial charge in [-0.3, -0.25) is 9.69 Å². The number of amides is 1. The summed E-state index contributed by atoms with van der Waals surface area (Å²) in [5, 5.41) is 6.78. The van der Waals surface area contributed by atoms with Gasteiger partial charge in [0.2, 0.25) is 5.89 Å². The van der Waals surface area contributed by atoms with E-state index in [1.54, 1.807) is 0 Å². The smallest absolute Gasteiger partial charge is 0.292 e. The average molecular weight is 358 g/mol. The molecule has 1 saturated carbocycles. The maximum absolute atomic E-state index is 12.0. The fraction of sp³-hybridized carbons (Fsp3) is 0.667. The molecule has 2 aromatic heterocycles. The summed E-state index contributed by atoms with van der Waals surface area (Å²) in [5.74, 6) is 1.58. The standard InChI is InChI=1S/C18H26N6O2/c1-13-19-8-12-23(13)9-2-3-10-24-11-4-5-15(24)18-21-16(22-26-18)17(25)20-14-6-7-14/h8,12,14-15H,2-7,9-11H2,1H3,(H,20,25)/t15-/m1/s1. The van der Waals surface area contributed by atoms with Gasteiger partial charge >= 0.3 is 0 Å². The number of rotatable bonds is 8. The van der Waals surface area contributed by atoms with Crippen molar-refractivity contribution in [1.29, 1.82) is 0 Å². The monoisotopic (exact) mass is 358 g/mol. The number of unbranched alkanes of at least 4 members (excludes halogenated alkanes) is 1. The van der Waals surface area contributed by atoms with E-state index in [9.17, 15) is 4.79 Å². The van der Waals surface area contributed by atoms with Crippen LogP contribution in [0.5, 0.6) is 0 Å². The summed E-state index contributed by atoms with van der Waals surface area (Å²) < 4.78 is 7.59. The number of carbonyl (C=O) groups excluding carboxylic acids is 1. The lowest BCUT2D eigenvalue weighted by Gasteiger charge is -2.21. The van der Waals surface area contributed by atoms with Gasteiger partial charge in [0.1, 0.15) is 5.82 Å². The molecule has 1 atom stereocenters. The molecule has 2 aliphatic rings. The van der Waals surface area contributed by atoms with Gasteiger partial charge in [-0.05, 0) is 58.5 Å². The van der Waals surface area contributed by atoms with Gasteiger partial charge in [0.15, 0.2) is 0 Å². The molecule has 1 saturated heterocycles. The van der Waals surface area contributed by atoms with Gasteiger partial charge in [-0.15, -0.1) is 0 Å². The first kappa shape index (κ1) is 17.2. The molecule has 1 N–H and O–H groups in total. The van der Waals surface area contributed by atoms with E-state index < -0.39 is 0 Å². The number of hydrogen-bond donors (Lipinski definition) is 1. The van der Waals surface area contributed by atoms with Gasteiger partial charge in [0.25, 0.3) is 11.7 Å². The molecular weight excluding hydrogens is 332 g/mol. The van der Waals surface area contributed by atoms with Crippen LogP contribution in [0.3, 0.4) is 0 Å². The number of hydrogen-bond acceptors (Lipinski definition) is 6. The van der Waals surface area contributed by atoms with Crippen LogP contribution in [0.1, 0.15) is 66.9 Å². The summed E-state index contributed by atoms with van der Waals surface area (Å²) in [4.78, 5) is 23.1. The van der Waals surface area contributed by atoms with Gasteiger partial charge in [-0.25, -0.2) is 4.98 Å². The molecule has 0 unspecified atom stereocenters. The topological polar surface area (TPSA) is 89.1 Å². The zero-order valence-electron chi connectivity index (χ0n) is 15.2. The lowest BCUT2D eigenvalue weighted by atomic mass is 10.2. The van der Waals surface area contributed by atoms with Crippen LogP contribution in [-0.2, 0) is 6.54 Å². The zero-order valence-corrected chi connectivity index (χ0v) is 15.2. The molecule has 1 aliphatic carbocycles. The molecule has 0 bridgehead atoms. The second-order valence-corrected chi connectivity index (χ2v) is 7.27. The van der Waals surface area contributed by atoms with Crippen molar-refractivity contribution in [3.63, 3.8) is 0 Å². The summed E-state index contributed by atoms with van der Waals surface area (Å²) in [6.07, 6.45) is 10.3. The second-order valence-electron chi connectivity index (χ2n) is 7.27. The van der Waals surface area contributed by atoms with E-state index in [0.717, 1.165) is 64.0 Å². The largest absolute Gasteiger partial charge is 0.346 e. The number of aryl methyl sites for hydroxylation is 2. The third-order valence-corrected chi connectivity index (χ3v) is 5.22. The van der Waals surface area contributed by atoms with Crippen molar-refractivity contribution >= 4 is 5.91 Å². The highest BCUT2D eigenvalue weighted by Gasteiger charge is 2.32. The highest BCUT2D eigenvalue weighted by molar-refractivity contribution is 5.90. The molecule has 2 aromatic rings. The maximum atomic E-state index is 12.0. The van der Waals surface area contributed by atoms with E-state index in [4.69, 9.17) is 4.52 Å². The first-order valence-corrected chi connectivity index (χ1v) is 9.57. The summed E-state index contributed by atoms with van der Waals surface area (Å²) in [6, 6.07) is 0.437. The Kier molecular flexibility index (Phi) is 5.01. The number of aromatic nitrogens is 4.